The molecule has 0 unspecified atom stereocenters. The van der Waals surface area contributed by atoms with E-state index in [0.29, 0.717) is 24.3 Å². The standard InChI is InChI=1S/C15H12BrCl2FN4O2/c16-10-9(17)3-8-12(11(10)19)20-14(18)21-13(8)22-4-6-1-2-7(5-22)23(6)15(24)25/h3,6-7H,1-2,4-5H2,(H,24,25)/t6-,7+. The molecule has 2 atom stereocenters. The van der Waals surface area contributed by atoms with E-state index in [2.05, 4.69) is 25.9 Å². The minimum atomic E-state index is -0.907. The smallest absolute Gasteiger partial charge is 0.407 e. The fourth-order valence-corrected chi connectivity index (χ4v) is 4.42. The summed E-state index contributed by atoms with van der Waals surface area (Å²) in [4.78, 5) is 23.2. The Bertz CT molecular complexity index is 886. The highest BCUT2D eigenvalue weighted by molar-refractivity contribution is 9.10. The van der Waals surface area contributed by atoms with Gasteiger partial charge in [0.05, 0.1) is 21.6 Å². The van der Waals surface area contributed by atoms with Crippen molar-refractivity contribution in [2.45, 2.75) is 24.9 Å². The highest BCUT2D eigenvalue weighted by atomic mass is 79.9. The summed E-state index contributed by atoms with van der Waals surface area (Å²) in [5.41, 5.74) is 0.0827. The summed E-state index contributed by atoms with van der Waals surface area (Å²) in [5, 5.41) is 9.99. The van der Waals surface area contributed by atoms with Gasteiger partial charge in [0, 0.05) is 18.5 Å². The number of anilines is 1. The number of piperazine rings is 1. The van der Waals surface area contributed by atoms with E-state index < -0.39 is 11.9 Å². The van der Waals surface area contributed by atoms with Crippen LogP contribution >= 0.6 is 39.1 Å². The van der Waals surface area contributed by atoms with E-state index >= 15 is 0 Å². The Hall–Kier alpha value is -1.38. The molecule has 1 amide bonds. The number of halogens is 4. The first-order valence-electron chi connectivity index (χ1n) is 7.63. The molecule has 6 nitrogen and oxygen atoms in total. The molecule has 2 saturated heterocycles. The van der Waals surface area contributed by atoms with Crippen LogP contribution in [0.5, 0.6) is 0 Å². The summed E-state index contributed by atoms with van der Waals surface area (Å²) < 4.78 is 14.7. The van der Waals surface area contributed by atoms with Crippen molar-refractivity contribution < 1.29 is 14.3 Å². The Balaban J connectivity index is 1.82. The number of hydrogen-bond acceptors (Lipinski definition) is 4. The van der Waals surface area contributed by atoms with E-state index in [1.54, 1.807) is 6.07 Å². The van der Waals surface area contributed by atoms with Crippen LogP contribution in [0.15, 0.2) is 10.5 Å². The summed E-state index contributed by atoms with van der Waals surface area (Å²) in [6, 6.07) is 1.37. The molecule has 2 aliphatic heterocycles. The van der Waals surface area contributed by atoms with Gasteiger partial charge >= 0.3 is 6.09 Å². The number of nitrogens with zero attached hydrogens (tertiary/aromatic N) is 4. The van der Waals surface area contributed by atoms with Crippen molar-refractivity contribution in [2.75, 3.05) is 18.0 Å². The van der Waals surface area contributed by atoms with Gasteiger partial charge < -0.3 is 10.0 Å². The van der Waals surface area contributed by atoms with Gasteiger partial charge in [-0.1, -0.05) is 11.6 Å². The molecule has 0 saturated carbocycles. The van der Waals surface area contributed by atoms with Gasteiger partial charge in [0.1, 0.15) is 11.3 Å². The lowest BCUT2D eigenvalue weighted by Crippen LogP contribution is -2.55. The van der Waals surface area contributed by atoms with Gasteiger partial charge in [0.25, 0.3) is 0 Å². The zero-order valence-electron chi connectivity index (χ0n) is 12.7. The maximum atomic E-state index is 14.5. The van der Waals surface area contributed by atoms with Crippen molar-refractivity contribution in [3.8, 4) is 0 Å². The molecule has 4 rings (SSSR count). The lowest BCUT2D eigenvalue weighted by Gasteiger charge is -2.40. The van der Waals surface area contributed by atoms with Gasteiger partial charge in [-0.15, -0.1) is 0 Å². The maximum absolute atomic E-state index is 14.5. The predicted molar refractivity (Wildman–Crippen MR) is 96.1 cm³/mol. The number of carbonyl (C=O) groups is 1. The lowest BCUT2D eigenvalue weighted by molar-refractivity contribution is 0.114. The second-order valence-corrected chi connectivity index (χ2v) is 7.72. The van der Waals surface area contributed by atoms with Crippen molar-refractivity contribution in [3.63, 3.8) is 0 Å². The quantitative estimate of drug-likeness (QED) is 0.522. The number of carboxylic acid groups (broad SMARTS) is 1. The molecule has 0 aliphatic carbocycles. The van der Waals surface area contributed by atoms with Crippen LogP contribution in [-0.2, 0) is 0 Å². The summed E-state index contributed by atoms with van der Waals surface area (Å²) in [7, 11) is 0. The molecule has 3 heterocycles. The Labute approximate surface area is 160 Å². The first kappa shape index (κ1) is 17.1. The largest absolute Gasteiger partial charge is 0.465 e. The average molecular weight is 450 g/mol. The molecule has 2 aliphatic rings. The Morgan fingerprint density at radius 1 is 1.28 bits per heavy atom. The normalized spacial score (nSPS) is 22.7. The van der Waals surface area contributed by atoms with Crippen LogP contribution in [0.1, 0.15) is 12.8 Å². The highest BCUT2D eigenvalue weighted by Crippen LogP contribution is 2.38. The van der Waals surface area contributed by atoms with Gasteiger partial charge in [-0.05, 0) is 46.4 Å². The van der Waals surface area contributed by atoms with Crippen molar-refractivity contribution in [1.82, 2.24) is 14.9 Å². The van der Waals surface area contributed by atoms with E-state index in [9.17, 15) is 14.3 Å². The summed E-state index contributed by atoms with van der Waals surface area (Å²) in [6.45, 7) is 0.946. The molecule has 10 heteroatoms. The molecule has 0 spiro atoms. The number of amides is 1. The Morgan fingerprint density at radius 3 is 2.52 bits per heavy atom. The summed E-state index contributed by atoms with van der Waals surface area (Å²) >= 11 is 15.2. The predicted octanol–water partition coefficient (Wildman–Crippen LogP) is 4.17. The third kappa shape index (κ3) is 2.71. The van der Waals surface area contributed by atoms with E-state index in [-0.39, 0.29) is 32.4 Å². The van der Waals surface area contributed by atoms with Crippen LogP contribution in [-0.4, -0.2) is 51.2 Å². The molecule has 2 fully saturated rings. The zero-order valence-corrected chi connectivity index (χ0v) is 15.8. The number of aromatic nitrogens is 2. The molecule has 0 radical (unpaired) electrons. The van der Waals surface area contributed by atoms with E-state index in [0.717, 1.165) is 12.8 Å². The van der Waals surface area contributed by atoms with Crippen LogP contribution in [0.3, 0.4) is 0 Å². The minimum Gasteiger partial charge on any atom is -0.465 e. The second kappa shape index (κ2) is 6.10. The van der Waals surface area contributed by atoms with Crippen molar-refractivity contribution in [2.24, 2.45) is 0 Å². The lowest BCUT2D eigenvalue weighted by atomic mass is 10.1. The molecule has 2 bridgehead atoms. The zero-order chi connectivity index (χ0) is 17.9. The van der Waals surface area contributed by atoms with Crippen LogP contribution in [0.2, 0.25) is 10.3 Å². The maximum Gasteiger partial charge on any atom is 0.407 e. The van der Waals surface area contributed by atoms with Gasteiger partial charge in [0.2, 0.25) is 5.28 Å². The summed E-state index contributed by atoms with van der Waals surface area (Å²) in [6.07, 6.45) is 0.686. The SMILES string of the molecule is O=C(O)N1[C@@H]2CC[C@H]1CN(c1nc(Cl)nc3c(F)c(Br)c(Cl)cc13)C2. The van der Waals surface area contributed by atoms with Gasteiger partial charge in [0.15, 0.2) is 5.82 Å². The number of fused-ring (bicyclic) bond motifs is 3. The monoisotopic (exact) mass is 448 g/mol. The highest BCUT2D eigenvalue weighted by Gasteiger charge is 2.43. The average Bonchev–Trinajstić information content (AvgIpc) is 2.84. The second-order valence-electron chi connectivity index (χ2n) is 6.18. The Kier molecular flexibility index (Phi) is 4.16. The third-order valence-electron chi connectivity index (χ3n) is 4.78. The minimum absolute atomic E-state index is 0.0661. The van der Waals surface area contributed by atoms with Crippen LogP contribution in [0.25, 0.3) is 10.9 Å². The molecule has 1 aromatic carbocycles. The molecular formula is C15H12BrCl2FN4O2. The first-order chi connectivity index (χ1) is 11.9. The number of rotatable bonds is 1. The topological polar surface area (TPSA) is 69.6 Å². The molecule has 25 heavy (non-hydrogen) atoms. The molecular weight excluding hydrogens is 438 g/mol. The van der Waals surface area contributed by atoms with Gasteiger partial charge in [-0.25, -0.2) is 14.2 Å². The van der Waals surface area contributed by atoms with Crippen LogP contribution in [0, 0.1) is 5.82 Å². The van der Waals surface area contributed by atoms with Gasteiger partial charge in [-0.2, -0.15) is 4.98 Å². The van der Waals surface area contributed by atoms with Gasteiger partial charge in [-0.3, -0.25) is 4.90 Å². The van der Waals surface area contributed by atoms with Crippen LogP contribution in [0.4, 0.5) is 15.0 Å². The van der Waals surface area contributed by atoms with Crippen molar-refractivity contribution in [1.29, 1.82) is 0 Å². The van der Waals surface area contributed by atoms with E-state index in [1.807, 2.05) is 4.90 Å². The van der Waals surface area contributed by atoms with Crippen LogP contribution < -0.4 is 4.90 Å². The first-order valence-corrected chi connectivity index (χ1v) is 9.18. The van der Waals surface area contributed by atoms with Crippen molar-refractivity contribution in [3.05, 3.63) is 26.7 Å². The molecule has 1 N–H and O–H groups in total. The Morgan fingerprint density at radius 2 is 1.92 bits per heavy atom. The molecule has 2 aromatic rings. The molecule has 132 valence electrons. The third-order valence-corrected chi connectivity index (χ3v) is 6.25. The number of hydrogen-bond donors (Lipinski definition) is 1. The fraction of sp³-hybridized carbons (Fsp3) is 0.400. The molecule has 1 aromatic heterocycles. The fourth-order valence-electron chi connectivity index (χ4n) is 3.76. The van der Waals surface area contributed by atoms with Crippen molar-refractivity contribution >= 4 is 61.9 Å². The van der Waals surface area contributed by atoms with E-state index in [1.165, 1.54) is 4.90 Å². The number of benzene rings is 1. The summed E-state index contributed by atoms with van der Waals surface area (Å²) in [5.74, 6) is -0.120. The van der Waals surface area contributed by atoms with E-state index in [4.69, 9.17) is 23.2 Å².